The zero-order chi connectivity index (χ0) is 29.8. The molecule has 40 heavy (non-hydrogen) atoms. The fourth-order valence-electron chi connectivity index (χ4n) is 3.61. The van der Waals surface area contributed by atoms with Crippen molar-refractivity contribution in [1.29, 1.82) is 5.26 Å². The van der Waals surface area contributed by atoms with Crippen LogP contribution in [0, 0.1) is 17.9 Å². The van der Waals surface area contributed by atoms with Crippen LogP contribution in [0.5, 0.6) is 5.75 Å². The van der Waals surface area contributed by atoms with Gasteiger partial charge in [0.2, 0.25) is 0 Å². The summed E-state index contributed by atoms with van der Waals surface area (Å²) in [6.45, 7) is 7.34. The molecule has 1 aliphatic rings. The number of nitrogens with one attached hydrogen (secondary N) is 1. The summed E-state index contributed by atoms with van der Waals surface area (Å²) in [6.07, 6.45) is -15.2. The summed E-state index contributed by atoms with van der Waals surface area (Å²) in [6, 6.07) is 9.86. The number of carboxylic acid groups (broad SMARTS) is 1. The first kappa shape index (κ1) is 30.3. The van der Waals surface area contributed by atoms with Gasteiger partial charge in [0.15, 0.2) is 23.7 Å². The van der Waals surface area contributed by atoms with Crippen molar-refractivity contribution in [2.24, 2.45) is 0 Å². The Morgan fingerprint density at radius 2 is 1.77 bits per heavy atom. The smallest absolute Gasteiger partial charge is 0.407 e. The predicted octanol–water partition coefficient (Wildman–Crippen LogP) is 1.81. The Balaban J connectivity index is 1.93. The topological polar surface area (TPSA) is 183 Å². The Hall–Kier alpha value is -4.25. The number of carboxylic acids is 1. The number of carbonyl (C=O) groups is 2. The van der Waals surface area contributed by atoms with Crippen LogP contribution >= 0.6 is 0 Å². The van der Waals surface area contributed by atoms with E-state index in [9.17, 15) is 43.2 Å². The van der Waals surface area contributed by atoms with E-state index in [-0.39, 0.29) is 11.4 Å². The van der Waals surface area contributed by atoms with E-state index >= 15 is 0 Å². The molecular weight excluding hydrogens is 543 g/mol. The van der Waals surface area contributed by atoms with Gasteiger partial charge in [-0.1, -0.05) is 6.07 Å². The third-order valence-corrected chi connectivity index (χ3v) is 5.85. The average Bonchev–Trinajstić information content (AvgIpc) is 2.91. The summed E-state index contributed by atoms with van der Waals surface area (Å²) in [4.78, 5) is 27.6. The van der Waals surface area contributed by atoms with Gasteiger partial charge < -0.3 is 40.0 Å². The molecule has 0 aliphatic carbocycles. The van der Waals surface area contributed by atoms with Crippen molar-refractivity contribution in [3.63, 3.8) is 0 Å². The average molecular weight is 565 g/mol. The SMILES string of the molecule is [C-]#[N+]c1ccc(NC(=O)[C@](C)(COc2ccc(C#N)cc2)OC2OC(C(=O)O)C(O)C(O)C2O)cc1C(F)(F)F. The molecule has 15 heteroatoms. The lowest BCUT2D eigenvalue weighted by Crippen LogP contribution is -2.63. The van der Waals surface area contributed by atoms with Gasteiger partial charge in [-0.3, -0.25) is 4.79 Å². The van der Waals surface area contributed by atoms with Crippen molar-refractivity contribution < 1.29 is 57.4 Å². The Morgan fingerprint density at radius 3 is 2.33 bits per heavy atom. The van der Waals surface area contributed by atoms with Crippen LogP contribution in [-0.2, 0) is 25.2 Å². The van der Waals surface area contributed by atoms with Gasteiger partial charge in [-0.05, 0) is 43.3 Å². The molecule has 0 saturated carbocycles. The Kier molecular flexibility index (Phi) is 8.99. The molecule has 1 aliphatic heterocycles. The Morgan fingerprint density at radius 1 is 1.12 bits per heavy atom. The molecule has 212 valence electrons. The monoisotopic (exact) mass is 565 g/mol. The molecule has 0 bridgehead atoms. The number of aliphatic carboxylic acids is 1. The van der Waals surface area contributed by atoms with Crippen molar-refractivity contribution in [2.45, 2.75) is 49.4 Å². The zero-order valence-electron chi connectivity index (χ0n) is 20.5. The number of aliphatic hydroxyl groups is 3. The minimum Gasteiger partial charge on any atom is -0.490 e. The highest BCUT2D eigenvalue weighted by Crippen LogP contribution is 2.38. The van der Waals surface area contributed by atoms with Crippen molar-refractivity contribution in [2.75, 3.05) is 11.9 Å². The van der Waals surface area contributed by atoms with Crippen LogP contribution in [0.15, 0.2) is 42.5 Å². The number of alkyl halides is 3. The maximum atomic E-state index is 13.4. The van der Waals surface area contributed by atoms with Crippen LogP contribution < -0.4 is 10.1 Å². The van der Waals surface area contributed by atoms with E-state index in [1.54, 1.807) is 0 Å². The molecule has 3 rings (SSSR count). The summed E-state index contributed by atoms with van der Waals surface area (Å²) < 4.78 is 56.5. The third-order valence-electron chi connectivity index (χ3n) is 5.85. The third kappa shape index (κ3) is 6.66. The minimum atomic E-state index is -4.91. The highest BCUT2D eigenvalue weighted by molar-refractivity contribution is 5.97. The summed E-state index contributed by atoms with van der Waals surface area (Å²) in [5.74, 6) is -2.73. The lowest BCUT2D eigenvalue weighted by atomic mass is 9.98. The molecule has 0 spiro atoms. The summed E-state index contributed by atoms with van der Waals surface area (Å²) in [5.41, 5.74) is -4.36. The number of nitrogens with zero attached hydrogens (tertiary/aromatic N) is 2. The maximum absolute atomic E-state index is 13.4. The zero-order valence-corrected chi connectivity index (χ0v) is 20.5. The molecule has 12 nitrogen and oxygen atoms in total. The maximum Gasteiger partial charge on any atom is 0.407 e. The first-order chi connectivity index (χ1) is 18.7. The van der Waals surface area contributed by atoms with Crippen LogP contribution in [0.25, 0.3) is 4.85 Å². The van der Waals surface area contributed by atoms with Crippen LogP contribution in [0.3, 0.4) is 0 Å². The highest BCUT2D eigenvalue weighted by atomic mass is 19.4. The van der Waals surface area contributed by atoms with E-state index in [0.29, 0.717) is 11.6 Å². The van der Waals surface area contributed by atoms with Crippen LogP contribution in [-0.4, -0.2) is 75.2 Å². The number of benzene rings is 2. The Labute approximate surface area is 224 Å². The first-order valence-electron chi connectivity index (χ1n) is 11.3. The molecule has 1 heterocycles. The molecule has 1 saturated heterocycles. The lowest BCUT2D eigenvalue weighted by Gasteiger charge is -2.41. The molecule has 2 aromatic carbocycles. The number of halogens is 3. The Bertz CT molecular complexity index is 1340. The second-order valence-electron chi connectivity index (χ2n) is 8.80. The normalized spacial score (nSPS) is 24.2. The van der Waals surface area contributed by atoms with E-state index in [1.165, 1.54) is 24.3 Å². The second kappa shape index (κ2) is 11.9. The number of rotatable bonds is 8. The molecule has 5 unspecified atom stereocenters. The van der Waals surface area contributed by atoms with E-state index in [4.69, 9.17) is 26.0 Å². The summed E-state index contributed by atoms with van der Waals surface area (Å²) in [7, 11) is 0. The van der Waals surface area contributed by atoms with Crippen LogP contribution in [0.4, 0.5) is 24.5 Å². The van der Waals surface area contributed by atoms with Crippen molar-refractivity contribution in [3.8, 4) is 11.8 Å². The molecule has 0 radical (unpaired) electrons. The molecule has 5 N–H and O–H groups in total. The summed E-state index contributed by atoms with van der Waals surface area (Å²) in [5, 5.41) is 50.8. The van der Waals surface area contributed by atoms with Gasteiger partial charge in [-0.15, -0.1) is 0 Å². The molecule has 1 fully saturated rings. The van der Waals surface area contributed by atoms with E-state index in [0.717, 1.165) is 19.1 Å². The molecule has 2 aromatic rings. The first-order valence-corrected chi connectivity index (χ1v) is 11.3. The number of nitriles is 1. The quantitative estimate of drug-likeness (QED) is 0.296. The predicted molar refractivity (Wildman–Crippen MR) is 127 cm³/mol. The molecular formula is C25H22F3N3O9. The molecule has 1 amide bonds. The minimum absolute atomic E-state index is 0.131. The van der Waals surface area contributed by atoms with Gasteiger partial charge >= 0.3 is 12.1 Å². The van der Waals surface area contributed by atoms with Gasteiger partial charge in [0, 0.05) is 5.69 Å². The number of hydrogen-bond acceptors (Lipinski definition) is 9. The number of anilines is 1. The van der Waals surface area contributed by atoms with Gasteiger partial charge in [0.25, 0.3) is 5.91 Å². The van der Waals surface area contributed by atoms with Crippen LogP contribution in [0.2, 0.25) is 0 Å². The van der Waals surface area contributed by atoms with Gasteiger partial charge in [0.1, 0.15) is 30.7 Å². The van der Waals surface area contributed by atoms with E-state index in [1.807, 2.05) is 6.07 Å². The van der Waals surface area contributed by atoms with Crippen molar-refractivity contribution in [3.05, 3.63) is 65.0 Å². The molecule has 6 atom stereocenters. The number of ether oxygens (including phenoxy) is 3. The van der Waals surface area contributed by atoms with Crippen molar-refractivity contribution >= 4 is 23.3 Å². The fraction of sp³-hybridized carbons (Fsp3) is 0.360. The second-order valence-corrected chi connectivity index (χ2v) is 8.80. The number of aliphatic hydroxyl groups excluding tert-OH is 3. The number of amides is 1. The van der Waals surface area contributed by atoms with Gasteiger partial charge in [-0.2, -0.15) is 18.4 Å². The van der Waals surface area contributed by atoms with Crippen LogP contribution in [0.1, 0.15) is 18.1 Å². The largest absolute Gasteiger partial charge is 0.490 e. The standard InChI is InChI=1S/C25H22F3N3O9/c1-24(11-38-14-6-3-12(10-29)4-7-14,40-22-19(34)17(32)18(33)20(39-22)21(35)36)23(37)31-13-5-8-16(30-2)15(9-13)25(26,27)28/h3-9,17-20,22,32-34H,11H2,1H3,(H,31,37)(H,35,36)/t17?,18?,19?,20?,22?,24-/m0/s1. The fourth-order valence-corrected chi connectivity index (χ4v) is 3.61. The van der Waals surface area contributed by atoms with Gasteiger partial charge in [0.05, 0.1) is 23.8 Å². The lowest BCUT2D eigenvalue weighted by molar-refractivity contribution is -0.315. The number of hydrogen-bond donors (Lipinski definition) is 5. The van der Waals surface area contributed by atoms with E-state index < -0.39 is 72.2 Å². The molecule has 0 aromatic heterocycles. The highest BCUT2D eigenvalue weighted by Gasteiger charge is 2.51. The van der Waals surface area contributed by atoms with Crippen molar-refractivity contribution in [1.82, 2.24) is 0 Å². The summed E-state index contributed by atoms with van der Waals surface area (Å²) >= 11 is 0. The van der Waals surface area contributed by atoms with Gasteiger partial charge in [-0.25, -0.2) is 9.64 Å². The van der Waals surface area contributed by atoms with E-state index in [2.05, 4.69) is 10.2 Å². The number of carbonyl (C=O) groups excluding carboxylic acids is 1.